The molecule has 1 saturated heterocycles. The number of hydrogen-bond donors (Lipinski definition) is 1. The van der Waals surface area contributed by atoms with Gasteiger partial charge in [0, 0.05) is 31.0 Å². The molecule has 2 N–H and O–H groups in total. The molecule has 1 fully saturated rings. The van der Waals surface area contributed by atoms with Crippen molar-refractivity contribution in [1.29, 1.82) is 0 Å². The fraction of sp³-hybridized carbons (Fsp3) is 0.500. The van der Waals surface area contributed by atoms with E-state index in [1.54, 1.807) is 17.0 Å². The molecule has 1 aromatic rings. The average molecular weight is 296 g/mol. The van der Waals surface area contributed by atoms with Crippen LogP contribution in [0, 0.1) is 0 Å². The Hall–Kier alpha value is -1.40. The van der Waals surface area contributed by atoms with E-state index in [1.807, 2.05) is 0 Å². The molecule has 0 bridgehead atoms. The standard InChI is InChI=1S/C14H20N2O3S/c1-20(18,19)13-7-4-5-11(9-13)14(17)16-8-3-2-6-12(16)10-15/h4-5,7,9,12H,2-3,6,8,10,15H2,1H3. The minimum atomic E-state index is -3.30. The average Bonchev–Trinajstić information content (AvgIpc) is 2.45. The van der Waals surface area contributed by atoms with Gasteiger partial charge in [0.15, 0.2) is 9.84 Å². The molecule has 0 spiro atoms. The number of rotatable bonds is 3. The Balaban J connectivity index is 2.29. The highest BCUT2D eigenvalue weighted by molar-refractivity contribution is 7.90. The van der Waals surface area contributed by atoms with Crippen molar-refractivity contribution in [3.05, 3.63) is 29.8 Å². The second kappa shape index (κ2) is 5.93. The van der Waals surface area contributed by atoms with Crippen LogP contribution in [0.15, 0.2) is 29.2 Å². The Morgan fingerprint density at radius 3 is 2.80 bits per heavy atom. The number of sulfone groups is 1. The quantitative estimate of drug-likeness (QED) is 0.904. The molecule has 1 amide bonds. The van der Waals surface area contributed by atoms with Crippen molar-refractivity contribution >= 4 is 15.7 Å². The van der Waals surface area contributed by atoms with Gasteiger partial charge in [-0.2, -0.15) is 0 Å². The van der Waals surface area contributed by atoms with Crippen molar-refractivity contribution in [3.63, 3.8) is 0 Å². The molecule has 1 aliphatic heterocycles. The number of nitrogens with zero attached hydrogens (tertiary/aromatic N) is 1. The Labute approximate surface area is 119 Å². The van der Waals surface area contributed by atoms with Crippen LogP contribution >= 0.6 is 0 Å². The highest BCUT2D eigenvalue weighted by Gasteiger charge is 2.26. The van der Waals surface area contributed by atoms with Crippen LogP contribution in [-0.4, -0.2) is 44.6 Å². The molecule has 1 unspecified atom stereocenters. The Kier molecular flexibility index (Phi) is 4.45. The third kappa shape index (κ3) is 3.19. The van der Waals surface area contributed by atoms with Gasteiger partial charge in [-0.05, 0) is 37.5 Å². The summed E-state index contributed by atoms with van der Waals surface area (Å²) in [7, 11) is -3.30. The molecule has 1 atom stereocenters. The lowest BCUT2D eigenvalue weighted by Crippen LogP contribution is -2.47. The van der Waals surface area contributed by atoms with E-state index in [1.165, 1.54) is 12.1 Å². The highest BCUT2D eigenvalue weighted by atomic mass is 32.2. The molecule has 2 rings (SSSR count). The van der Waals surface area contributed by atoms with Crippen LogP contribution in [-0.2, 0) is 9.84 Å². The number of piperidine rings is 1. The molecule has 20 heavy (non-hydrogen) atoms. The van der Waals surface area contributed by atoms with Gasteiger partial charge in [0.25, 0.3) is 5.91 Å². The van der Waals surface area contributed by atoms with Crippen molar-refractivity contribution in [2.24, 2.45) is 5.73 Å². The van der Waals surface area contributed by atoms with Gasteiger partial charge >= 0.3 is 0 Å². The molecular weight excluding hydrogens is 276 g/mol. The topological polar surface area (TPSA) is 80.5 Å². The van der Waals surface area contributed by atoms with Crippen LogP contribution in [0.25, 0.3) is 0 Å². The van der Waals surface area contributed by atoms with E-state index in [-0.39, 0.29) is 16.8 Å². The first-order valence-electron chi connectivity index (χ1n) is 6.74. The fourth-order valence-corrected chi connectivity index (χ4v) is 3.21. The fourth-order valence-electron chi connectivity index (χ4n) is 2.54. The Morgan fingerprint density at radius 1 is 1.40 bits per heavy atom. The number of carbonyl (C=O) groups excluding carboxylic acids is 1. The molecule has 5 nitrogen and oxygen atoms in total. The summed E-state index contributed by atoms with van der Waals surface area (Å²) in [5.74, 6) is -0.134. The number of benzene rings is 1. The number of amides is 1. The first kappa shape index (κ1) is 15.0. The Bertz CT molecular complexity index is 598. The summed E-state index contributed by atoms with van der Waals surface area (Å²) in [5.41, 5.74) is 6.13. The normalized spacial score (nSPS) is 19.9. The van der Waals surface area contributed by atoms with Crippen LogP contribution in [0.4, 0.5) is 0 Å². The van der Waals surface area contributed by atoms with E-state index in [2.05, 4.69) is 0 Å². The van der Waals surface area contributed by atoms with E-state index >= 15 is 0 Å². The van der Waals surface area contributed by atoms with Crippen LogP contribution in [0.1, 0.15) is 29.6 Å². The molecule has 6 heteroatoms. The summed E-state index contributed by atoms with van der Waals surface area (Å²) < 4.78 is 23.1. The molecule has 1 heterocycles. The lowest BCUT2D eigenvalue weighted by Gasteiger charge is -2.35. The molecule has 0 radical (unpaired) electrons. The van der Waals surface area contributed by atoms with Gasteiger partial charge in [-0.15, -0.1) is 0 Å². The predicted octanol–water partition coefficient (Wildman–Crippen LogP) is 1.04. The maximum absolute atomic E-state index is 12.5. The van der Waals surface area contributed by atoms with Crippen molar-refractivity contribution < 1.29 is 13.2 Å². The lowest BCUT2D eigenvalue weighted by molar-refractivity contribution is 0.0623. The zero-order chi connectivity index (χ0) is 14.8. The maximum atomic E-state index is 12.5. The second-order valence-electron chi connectivity index (χ2n) is 5.18. The first-order chi connectivity index (χ1) is 9.43. The smallest absolute Gasteiger partial charge is 0.254 e. The summed E-state index contributed by atoms with van der Waals surface area (Å²) in [4.78, 5) is 14.5. The molecule has 1 aromatic carbocycles. The highest BCUT2D eigenvalue weighted by Crippen LogP contribution is 2.20. The molecule has 110 valence electrons. The van der Waals surface area contributed by atoms with Crippen molar-refractivity contribution in [2.75, 3.05) is 19.3 Å². The van der Waals surface area contributed by atoms with Crippen LogP contribution in [0.3, 0.4) is 0 Å². The molecule has 0 saturated carbocycles. The van der Waals surface area contributed by atoms with E-state index < -0.39 is 9.84 Å². The van der Waals surface area contributed by atoms with E-state index in [0.29, 0.717) is 18.7 Å². The maximum Gasteiger partial charge on any atom is 0.254 e. The van der Waals surface area contributed by atoms with Crippen LogP contribution < -0.4 is 5.73 Å². The minimum Gasteiger partial charge on any atom is -0.334 e. The lowest BCUT2D eigenvalue weighted by atomic mass is 10.0. The van der Waals surface area contributed by atoms with Gasteiger partial charge in [0.2, 0.25) is 0 Å². The molecule has 0 aromatic heterocycles. The van der Waals surface area contributed by atoms with Crippen molar-refractivity contribution in [1.82, 2.24) is 4.90 Å². The van der Waals surface area contributed by atoms with Gasteiger partial charge in [-0.3, -0.25) is 4.79 Å². The predicted molar refractivity (Wildman–Crippen MR) is 77.3 cm³/mol. The number of likely N-dealkylation sites (tertiary alicyclic amines) is 1. The largest absolute Gasteiger partial charge is 0.334 e. The van der Waals surface area contributed by atoms with Gasteiger partial charge in [-0.25, -0.2) is 8.42 Å². The van der Waals surface area contributed by atoms with Gasteiger partial charge in [0.1, 0.15) is 0 Å². The van der Waals surface area contributed by atoms with Crippen molar-refractivity contribution in [2.45, 2.75) is 30.2 Å². The van der Waals surface area contributed by atoms with Gasteiger partial charge in [-0.1, -0.05) is 6.07 Å². The summed E-state index contributed by atoms with van der Waals surface area (Å²) >= 11 is 0. The molecule has 0 aliphatic carbocycles. The van der Waals surface area contributed by atoms with Crippen LogP contribution in [0.5, 0.6) is 0 Å². The first-order valence-corrected chi connectivity index (χ1v) is 8.64. The molecular formula is C14H20N2O3S. The summed E-state index contributed by atoms with van der Waals surface area (Å²) in [5, 5.41) is 0. The Morgan fingerprint density at radius 2 is 2.15 bits per heavy atom. The third-order valence-electron chi connectivity index (χ3n) is 3.67. The monoisotopic (exact) mass is 296 g/mol. The SMILES string of the molecule is CS(=O)(=O)c1cccc(C(=O)N2CCCCC2CN)c1. The van der Waals surface area contributed by atoms with Crippen LogP contribution in [0.2, 0.25) is 0 Å². The van der Waals surface area contributed by atoms with E-state index in [4.69, 9.17) is 5.73 Å². The summed E-state index contributed by atoms with van der Waals surface area (Å²) in [6.45, 7) is 1.13. The zero-order valence-electron chi connectivity index (χ0n) is 11.6. The number of hydrogen-bond acceptors (Lipinski definition) is 4. The third-order valence-corrected chi connectivity index (χ3v) is 4.78. The van der Waals surface area contributed by atoms with Crippen molar-refractivity contribution in [3.8, 4) is 0 Å². The molecule has 1 aliphatic rings. The number of nitrogens with two attached hydrogens (primary N) is 1. The van der Waals surface area contributed by atoms with E-state index in [0.717, 1.165) is 25.5 Å². The summed E-state index contributed by atoms with van der Waals surface area (Å²) in [6.07, 6.45) is 4.09. The second-order valence-corrected chi connectivity index (χ2v) is 7.20. The summed E-state index contributed by atoms with van der Waals surface area (Å²) in [6, 6.07) is 6.26. The van der Waals surface area contributed by atoms with Gasteiger partial charge in [0.05, 0.1) is 4.90 Å². The zero-order valence-corrected chi connectivity index (χ0v) is 12.4. The minimum absolute atomic E-state index is 0.0538. The van der Waals surface area contributed by atoms with E-state index in [9.17, 15) is 13.2 Å². The number of carbonyl (C=O) groups is 1. The van der Waals surface area contributed by atoms with Gasteiger partial charge < -0.3 is 10.6 Å².